The lowest BCUT2D eigenvalue weighted by Crippen LogP contribution is -1.92. The Balaban J connectivity index is 2.77. The fourth-order valence-electron chi connectivity index (χ4n) is 1.15. The summed E-state index contributed by atoms with van der Waals surface area (Å²) >= 11 is 0. The second kappa shape index (κ2) is 5.14. The Morgan fingerprint density at radius 1 is 1.43 bits per heavy atom. The predicted octanol–water partition coefficient (Wildman–Crippen LogP) is 3.46. The lowest BCUT2D eigenvalue weighted by molar-refractivity contribution is 0.340. The van der Waals surface area contributed by atoms with Gasteiger partial charge in [0.15, 0.2) is 0 Å². The van der Waals surface area contributed by atoms with Crippen LogP contribution in [0, 0.1) is 0 Å². The van der Waals surface area contributed by atoms with E-state index < -0.39 is 0 Å². The molecule has 1 aromatic carbocycles. The van der Waals surface area contributed by atoms with E-state index in [-0.39, 0.29) is 6.04 Å². The first-order valence-corrected chi connectivity index (χ1v) is 4.55. The van der Waals surface area contributed by atoms with Gasteiger partial charge in [-0.05, 0) is 30.2 Å². The van der Waals surface area contributed by atoms with Crippen molar-refractivity contribution >= 4 is 0 Å². The van der Waals surface area contributed by atoms with Crippen LogP contribution < -0.4 is 4.74 Å². The molecule has 0 N–H and O–H groups in total. The molecule has 0 amide bonds. The summed E-state index contributed by atoms with van der Waals surface area (Å²) in [6.45, 7) is 4.46. The highest BCUT2D eigenvalue weighted by Gasteiger charge is 2.01. The second-order valence-electron chi connectivity index (χ2n) is 2.88. The van der Waals surface area contributed by atoms with Crippen LogP contribution >= 0.6 is 0 Å². The van der Waals surface area contributed by atoms with Gasteiger partial charge < -0.3 is 4.74 Å². The van der Waals surface area contributed by atoms with E-state index in [0.717, 1.165) is 11.3 Å². The minimum atomic E-state index is -0.129. The summed E-state index contributed by atoms with van der Waals surface area (Å²) in [7, 11) is 0. The molecule has 14 heavy (non-hydrogen) atoms. The van der Waals surface area contributed by atoms with E-state index in [1.165, 1.54) is 0 Å². The molecule has 0 aliphatic rings. The molecule has 1 rings (SSSR count). The number of rotatable bonds is 4. The van der Waals surface area contributed by atoms with Crippen LogP contribution in [0.4, 0.5) is 0 Å². The van der Waals surface area contributed by atoms with Crippen LogP contribution in [0.2, 0.25) is 0 Å². The summed E-state index contributed by atoms with van der Waals surface area (Å²) in [4.78, 5) is 2.76. The third kappa shape index (κ3) is 2.68. The lowest BCUT2D eigenvalue weighted by Gasteiger charge is -2.06. The molecule has 1 atom stereocenters. The summed E-state index contributed by atoms with van der Waals surface area (Å²) in [5.74, 6) is 0.837. The number of hydrogen-bond donors (Lipinski definition) is 0. The van der Waals surface area contributed by atoms with Gasteiger partial charge in [0.1, 0.15) is 5.75 Å². The lowest BCUT2D eigenvalue weighted by atomic mass is 10.1. The third-order valence-corrected chi connectivity index (χ3v) is 1.90. The van der Waals surface area contributed by atoms with E-state index in [2.05, 4.69) is 10.0 Å². The van der Waals surface area contributed by atoms with Gasteiger partial charge in [0.25, 0.3) is 0 Å². The van der Waals surface area contributed by atoms with Crippen molar-refractivity contribution < 1.29 is 4.74 Å². The summed E-state index contributed by atoms with van der Waals surface area (Å²) in [6, 6.07) is 7.44. The van der Waals surface area contributed by atoms with E-state index in [9.17, 15) is 0 Å². The topological polar surface area (TPSA) is 58.0 Å². The zero-order valence-electron chi connectivity index (χ0n) is 8.34. The van der Waals surface area contributed by atoms with Crippen LogP contribution in [0.1, 0.15) is 25.5 Å². The molecule has 0 saturated carbocycles. The maximum absolute atomic E-state index is 8.27. The summed E-state index contributed by atoms with van der Waals surface area (Å²) in [5.41, 5.74) is 9.26. The molecule has 4 nitrogen and oxygen atoms in total. The highest BCUT2D eigenvalue weighted by molar-refractivity contribution is 5.28. The highest BCUT2D eigenvalue weighted by Crippen LogP contribution is 2.20. The Bertz CT molecular complexity index is 328. The molecule has 4 heteroatoms. The van der Waals surface area contributed by atoms with Crippen LogP contribution in [0.15, 0.2) is 29.4 Å². The molecule has 0 fully saturated rings. The molecule has 0 radical (unpaired) electrons. The van der Waals surface area contributed by atoms with Crippen molar-refractivity contribution in [1.82, 2.24) is 0 Å². The molecule has 0 aromatic heterocycles. The maximum atomic E-state index is 8.27. The molecule has 1 aromatic rings. The van der Waals surface area contributed by atoms with Crippen molar-refractivity contribution in [2.45, 2.75) is 19.9 Å². The summed E-state index contributed by atoms with van der Waals surface area (Å²) < 4.78 is 5.30. The predicted molar refractivity (Wildman–Crippen MR) is 55.2 cm³/mol. The largest absolute Gasteiger partial charge is 0.494 e. The molecule has 0 bridgehead atoms. The zero-order chi connectivity index (χ0) is 10.4. The van der Waals surface area contributed by atoms with E-state index in [1.54, 1.807) is 0 Å². The molecule has 74 valence electrons. The Hall–Kier alpha value is -1.67. The van der Waals surface area contributed by atoms with E-state index in [4.69, 9.17) is 10.3 Å². The van der Waals surface area contributed by atoms with Gasteiger partial charge in [-0.1, -0.05) is 24.2 Å². The smallest absolute Gasteiger partial charge is 0.119 e. The minimum Gasteiger partial charge on any atom is -0.494 e. The van der Waals surface area contributed by atoms with Gasteiger partial charge in [-0.2, -0.15) is 0 Å². The van der Waals surface area contributed by atoms with Crippen molar-refractivity contribution in [2.75, 3.05) is 6.61 Å². The molecule has 0 aliphatic heterocycles. The first kappa shape index (κ1) is 10.4. The van der Waals surface area contributed by atoms with Crippen LogP contribution in [0.3, 0.4) is 0 Å². The van der Waals surface area contributed by atoms with Crippen LogP contribution in [0.5, 0.6) is 5.75 Å². The van der Waals surface area contributed by atoms with Crippen LogP contribution in [-0.4, -0.2) is 6.61 Å². The van der Waals surface area contributed by atoms with E-state index in [0.29, 0.717) is 6.61 Å². The summed E-state index contributed by atoms with van der Waals surface area (Å²) in [6.07, 6.45) is 0. The first-order valence-electron chi connectivity index (χ1n) is 4.55. The quantitative estimate of drug-likeness (QED) is 0.408. The van der Waals surface area contributed by atoms with Gasteiger partial charge in [-0.25, -0.2) is 0 Å². The summed E-state index contributed by atoms with van der Waals surface area (Å²) in [5, 5.41) is 3.61. The Kier molecular flexibility index (Phi) is 3.83. The number of benzene rings is 1. The molecule has 1 unspecified atom stereocenters. The zero-order valence-corrected chi connectivity index (χ0v) is 8.34. The fourth-order valence-corrected chi connectivity index (χ4v) is 1.15. The molecule has 0 aliphatic carbocycles. The number of azide groups is 1. The van der Waals surface area contributed by atoms with Crippen LogP contribution in [-0.2, 0) is 0 Å². The van der Waals surface area contributed by atoms with Gasteiger partial charge in [-0.15, -0.1) is 0 Å². The first-order chi connectivity index (χ1) is 6.77. The second-order valence-corrected chi connectivity index (χ2v) is 2.88. The third-order valence-electron chi connectivity index (χ3n) is 1.90. The average Bonchev–Trinajstić information content (AvgIpc) is 2.20. The van der Waals surface area contributed by atoms with Crippen molar-refractivity contribution in [3.8, 4) is 5.75 Å². The molecule has 0 heterocycles. The maximum Gasteiger partial charge on any atom is 0.119 e. The molecule has 0 saturated heterocycles. The van der Waals surface area contributed by atoms with Gasteiger partial charge in [-0.3, -0.25) is 0 Å². The van der Waals surface area contributed by atoms with Gasteiger partial charge in [0.2, 0.25) is 0 Å². The monoisotopic (exact) mass is 191 g/mol. The average molecular weight is 191 g/mol. The Labute approximate surface area is 83.1 Å². The van der Waals surface area contributed by atoms with Crippen molar-refractivity contribution in [2.24, 2.45) is 5.11 Å². The minimum absolute atomic E-state index is 0.129. The normalized spacial score (nSPS) is 11.6. The number of ether oxygens (including phenoxy) is 1. The highest BCUT2D eigenvalue weighted by atomic mass is 16.5. The number of nitrogens with zero attached hydrogens (tertiary/aromatic N) is 3. The SMILES string of the molecule is CCOc1ccc(C(C)N=[N+]=[N-])cc1. The molecular formula is C10H13N3O. The van der Waals surface area contributed by atoms with Crippen molar-refractivity contribution in [3.05, 3.63) is 40.3 Å². The van der Waals surface area contributed by atoms with Gasteiger partial charge in [0, 0.05) is 4.91 Å². The van der Waals surface area contributed by atoms with Gasteiger partial charge >= 0.3 is 0 Å². The Morgan fingerprint density at radius 3 is 2.57 bits per heavy atom. The molecule has 0 spiro atoms. The van der Waals surface area contributed by atoms with Crippen LogP contribution in [0.25, 0.3) is 10.4 Å². The van der Waals surface area contributed by atoms with Crippen molar-refractivity contribution in [1.29, 1.82) is 0 Å². The fraction of sp³-hybridized carbons (Fsp3) is 0.400. The molecular weight excluding hydrogens is 178 g/mol. The van der Waals surface area contributed by atoms with Gasteiger partial charge in [0.05, 0.1) is 12.6 Å². The van der Waals surface area contributed by atoms with Crippen molar-refractivity contribution in [3.63, 3.8) is 0 Å². The van der Waals surface area contributed by atoms with E-state index >= 15 is 0 Å². The van der Waals surface area contributed by atoms with E-state index in [1.807, 2.05) is 38.1 Å². The Morgan fingerprint density at radius 2 is 2.07 bits per heavy atom. The number of hydrogen-bond acceptors (Lipinski definition) is 2. The standard InChI is InChI=1S/C10H13N3O/c1-3-14-10-6-4-9(5-7-10)8(2)12-13-11/h4-8H,3H2,1-2H3.